The van der Waals surface area contributed by atoms with Crippen LogP contribution in [0.2, 0.25) is 0 Å². The smallest absolute Gasteiger partial charge is 0.239 e. The highest BCUT2D eigenvalue weighted by molar-refractivity contribution is 6.01. The number of fused-ring (bicyclic) bond motifs is 1. The number of Topliss-reactive ketones (excluding diaryl/α,β-unsaturated/α-hetero) is 1. The molecular formula is C25H31N3O4. The number of methoxy groups -OCH3 is 1. The predicted octanol–water partition coefficient (Wildman–Crippen LogP) is 4.05. The molecule has 7 heteroatoms. The van der Waals surface area contributed by atoms with Crippen molar-refractivity contribution < 1.29 is 18.7 Å². The molecule has 1 aliphatic carbocycles. The van der Waals surface area contributed by atoms with Gasteiger partial charge in [0.2, 0.25) is 5.91 Å². The lowest BCUT2D eigenvalue weighted by atomic mass is 9.74. The number of nitrogens with zero attached hydrogens (tertiary/aromatic N) is 1. The Hall–Kier alpha value is -3.06. The molecule has 170 valence electrons. The Balaban J connectivity index is 1.76. The summed E-state index contributed by atoms with van der Waals surface area (Å²) >= 11 is 0. The van der Waals surface area contributed by atoms with Gasteiger partial charge in [0.05, 0.1) is 24.2 Å². The highest BCUT2D eigenvalue weighted by Gasteiger charge is 2.42. The molecule has 2 heterocycles. The van der Waals surface area contributed by atoms with Gasteiger partial charge in [-0.1, -0.05) is 26.0 Å². The molecule has 0 spiro atoms. The Bertz CT molecular complexity index is 1010. The van der Waals surface area contributed by atoms with Gasteiger partial charge in [-0.25, -0.2) is 0 Å². The Morgan fingerprint density at radius 1 is 1.25 bits per heavy atom. The van der Waals surface area contributed by atoms with E-state index in [1.807, 2.05) is 41.3 Å². The van der Waals surface area contributed by atoms with E-state index in [4.69, 9.17) is 9.15 Å². The van der Waals surface area contributed by atoms with Gasteiger partial charge >= 0.3 is 0 Å². The fourth-order valence-electron chi connectivity index (χ4n) is 4.62. The quantitative estimate of drug-likeness (QED) is 0.636. The molecule has 2 aliphatic rings. The lowest BCUT2D eigenvalue weighted by molar-refractivity contribution is -0.120. The van der Waals surface area contributed by atoms with E-state index in [-0.39, 0.29) is 23.7 Å². The zero-order valence-corrected chi connectivity index (χ0v) is 18.9. The Labute approximate surface area is 188 Å². The van der Waals surface area contributed by atoms with Gasteiger partial charge in [-0.05, 0) is 42.5 Å². The van der Waals surface area contributed by atoms with E-state index in [2.05, 4.69) is 24.5 Å². The standard InChI is InChI=1S/C25H31N3O4/c1-25(2)14-18-23(20(29)15-25)24(21-10-6-13-32-21)28(16-22(30)26-11-7-12-31-3)19-9-5-4-8-17(19)27-18/h4-6,8-10,13,24,27H,7,11-12,14-16H2,1-3H3,(H,26,30)/t24-/m0/s1. The Morgan fingerprint density at radius 3 is 2.81 bits per heavy atom. The molecule has 0 saturated heterocycles. The first-order chi connectivity index (χ1) is 15.4. The molecular weight excluding hydrogens is 406 g/mol. The summed E-state index contributed by atoms with van der Waals surface area (Å²) in [5, 5.41) is 6.50. The van der Waals surface area contributed by atoms with Crippen molar-refractivity contribution in [2.24, 2.45) is 5.41 Å². The largest absolute Gasteiger partial charge is 0.467 e. The van der Waals surface area contributed by atoms with E-state index in [9.17, 15) is 9.59 Å². The minimum Gasteiger partial charge on any atom is -0.467 e. The number of rotatable bonds is 7. The number of amides is 1. The van der Waals surface area contributed by atoms with Crippen molar-refractivity contribution in [3.8, 4) is 0 Å². The zero-order chi connectivity index (χ0) is 22.7. The minimum absolute atomic E-state index is 0.0865. The van der Waals surface area contributed by atoms with Gasteiger partial charge in [-0.2, -0.15) is 0 Å². The zero-order valence-electron chi connectivity index (χ0n) is 18.9. The van der Waals surface area contributed by atoms with Gasteiger partial charge in [0.25, 0.3) is 0 Å². The molecule has 4 rings (SSSR count). The van der Waals surface area contributed by atoms with E-state index in [0.717, 1.165) is 29.9 Å². The number of carbonyl (C=O) groups excluding carboxylic acids is 2. The maximum atomic E-state index is 13.4. The molecule has 0 saturated carbocycles. The summed E-state index contributed by atoms with van der Waals surface area (Å²) in [5.41, 5.74) is 3.19. The van der Waals surface area contributed by atoms with Gasteiger partial charge < -0.3 is 24.7 Å². The topological polar surface area (TPSA) is 83.8 Å². The van der Waals surface area contributed by atoms with Crippen molar-refractivity contribution in [1.29, 1.82) is 0 Å². The number of ether oxygens (including phenoxy) is 1. The summed E-state index contributed by atoms with van der Waals surface area (Å²) in [6.45, 7) is 5.45. The third kappa shape index (κ3) is 4.58. The van der Waals surface area contributed by atoms with Crippen LogP contribution >= 0.6 is 0 Å². The van der Waals surface area contributed by atoms with Crippen molar-refractivity contribution in [3.63, 3.8) is 0 Å². The fraction of sp³-hybridized carbons (Fsp3) is 0.440. The van der Waals surface area contributed by atoms with E-state index < -0.39 is 6.04 Å². The SMILES string of the molecule is COCCCNC(=O)CN1c2ccccc2NC2=C(C(=O)CC(C)(C)C2)[C@@H]1c1ccco1. The fourth-order valence-corrected chi connectivity index (χ4v) is 4.62. The van der Waals surface area contributed by atoms with Crippen LogP contribution in [0.4, 0.5) is 11.4 Å². The number of allylic oxidation sites excluding steroid dienone is 1. The van der Waals surface area contributed by atoms with E-state index in [1.165, 1.54) is 0 Å². The maximum Gasteiger partial charge on any atom is 0.239 e. The van der Waals surface area contributed by atoms with Crippen LogP contribution in [-0.4, -0.2) is 38.5 Å². The number of hydrogen-bond acceptors (Lipinski definition) is 6. The Kier molecular flexibility index (Phi) is 6.37. The maximum absolute atomic E-state index is 13.4. The molecule has 0 radical (unpaired) electrons. The van der Waals surface area contributed by atoms with Crippen molar-refractivity contribution in [2.75, 3.05) is 37.0 Å². The van der Waals surface area contributed by atoms with E-state index in [1.54, 1.807) is 13.4 Å². The third-order valence-corrected chi connectivity index (χ3v) is 5.98. The molecule has 0 bridgehead atoms. The van der Waals surface area contributed by atoms with Gasteiger partial charge in [0.15, 0.2) is 5.78 Å². The lowest BCUT2D eigenvalue weighted by Crippen LogP contribution is -2.42. The van der Waals surface area contributed by atoms with Crippen LogP contribution in [0.15, 0.2) is 58.3 Å². The summed E-state index contributed by atoms with van der Waals surface area (Å²) in [5.74, 6) is 0.625. The monoisotopic (exact) mass is 437 g/mol. The second kappa shape index (κ2) is 9.20. The first-order valence-corrected chi connectivity index (χ1v) is 11.1. The molecule has 1 amide bonds. The van der Waals surface area contributed by atoms with Gasteiger partial charge in [0.1, 0.15) is 11.8 Å². The number of ketones is 1. The average molecular weight is 438 g/mol. The molecule has 7 nitrogen and oxygen atoms in total. The van der Waals surface area contributed by atoms with Crippen molar-refractivity contribution in [3.05, 3.63) is 59.7 Å². The van der Waals surface area contributed by atoms with Gasteiger partial charge in [-0.15, -0.1) is 0 Å². The molecule has 1 aromatic heterocycles. The van der Waals surface area contributed by atoms with Gasteiger partial charge in [0, 0.05) is 38.0 Å². The summed E-state index contributed by atoms with van der Waals surface area (Å²) in [7, 11) is 1.64. The molecule has 1 aliphatic heterocycles. The minimum atomic E-state index is -0.482. The Morgan fingerprint density at radius 2 is 2.06 bits per heavy atom. The number of furan rings is 1. The van der Waals surface area contributed by atoms with Crippen LogP contribution in [0.5, 0.6) is 0 Å². The molecule has 32 heavy (non-hydrogen) atoms. The number of nitrogens with one attached hydrogen (secondary N) is 2. The molecule has 2 N–H and O–H groups in total. The second-order valence-corrected chi connectivity index (χ2v) is 9.22. The van der Waals surface area contributed by atoms with Crippen LogP contribution in [-0.2, 0) is 14.3 Å². The summed E-state index contributed by atoms with van der Waals surface area (Å²) < 4.78 is 10.9. The summed E-state index contributed by atoms with van der Waals surface area (Å²) in [6.07, 6.45) is 3.56. The van der Waals surface area contributed by atoms with E-state index >= 15 is 0 Å². The van der Waals surface area contributed by atoms with Crippen LogP contribution in [0.3, 0.4) is 0 Å². The van der Waals surface area contributed by atoms with Crippen molar-refractivity contribution in [2.45, 2.75) is 39.2 Å². The van der Waals surface area contributed by atoms with Gasteiger partial charge in [-0.3, -0.25) is 9.59 Å². The number of benzene rings is 1. The molecule has 0 fully saturated rings. The van der Waals surface area contributed by atoms with E-state index in [0.29, 0.717) is 30.9 Å². The highest BCUT2D eigenvalue weighted by Crippen LogP contribution is 2.48. The average Bonchev–Trinajstić information content (AvgIpc) is 3.22. The number of anilines is 2. The third-order valence-electron chi connectivity index (χ3n) is 5.98. The summed E-state index contributed by atoms with van der Waals surface area (Å²) in [4.78, 5) is 28.3. The molecule has 2 aromatic rings. The first-order valence-electron chi connectivity index (χ1n) is 11.1. The molecule has 0 unspecified atom stereocenters. The molecule has 1 atom stereocenters. The van der Waals surface area contributed by atoms with Crippen molar-refractivity contribution in [1.82, 2.24) is 5.32 Å². The van der Waals surface area contributed by atoms with Crippen LogP contribution < -0.4 is 15.5 Å². The molecule has 1 aromatic carbocycles. The number of carbonyl (C=O) groups is 2. The van der Waals surface area contributed by atoms with Crippen LogP contribution in [0.25, 0.3) is 0 Å². The summed E-state index contributed by atoms with van der Waals surface area (Å²) in [6, 6.07) is 11.1. The number of para-hydroxylation sites is 2. The van der Waals surface area contributed by atoms with Crippen molar-refractivity contribution >= 4 is 23.1 Å². The normalized spacial score (nSPS) is 19.7. The predicted molar refractivity (Wildman–Crippen MR) is 123 cm³/mol. The highest BCUT2D eigenvalue weighted by atomic mass is 16.5. The lowest BCUT2D eigenvalue weighted by Gasteiger charge is -2.36. The van der Waals surface area contributed by atoms with Crippen LogP contribution in [0, 0.1) is 5.41 Å². The van der Waals surface area contributed by atoms with Crippen LogP contribution in [0.1, 0.15) is 44.9 Å². The number of hydrogen-bond donors (Lipinski definition) is 2. The second-order valence-electron chi connectivity index (χ2n) is 9.22. The first kappa shape index (κ1) is 22.1.